The van der Waals surface area contributed by atoms with Crippen LogP contribution in [0.2, 0.25) is 0 Å². The largest absolute Gasteiger partial charge is 0.322 e. The number of hydrogen-bond acceptors (Lipinski definition) is 4. The summed E-state index contributed by atoms with van der Waals surface area (Å²) in [7, 11) is 0. The Kier molecular flexibility index (Phi) is 5.03. The predicted octanol–water partition coefficient (Wildman–Crippen LogP) is 2.41. The molecule has 0 saturated carbocycles. The minimum absolute atomic E-state index is 0.150. The van der Waals surface area contributed by atoms with Gasteiger partial charge in [0.15, 0.2) is 0 Å². The molecule has 0 aliphatic carbocycles. The average Bonchev–Trinajstić information content (AvgIpc) is 2.70. The lowest BCUT2D eigenvalue weighted by atomic mass is 10.2. The molecule has 2 amide bonds. The van der Waals surface area contributed by atoms with Gasteiger partial charge in [-0.05, 0) is 24.3 Å². The molecule has 1 fully saturated rings. The number of para-hydroxylation sites is 2. The van der Waals surface area contributed by atoms with Crippen molar-refractivity contribution in [2.75, 3.05) is 31.5 Å². The van der Waals surface area contributed by atoms with Crippen LogP contribution in [0.25, 0.3) is 10.9 Å². The number of halogens is 1. The average molecular weight is 381 g/mol. The van der Waals surface area contributed by atoms with E-state index < -0.39 is 5.82 Å². The third-order valence-corrected chi connectivity index (χ3v) is 4.81. The maximum absolute atomic E-state index is 13.7. The van der Waals surface area contributed by atoms with Crippen LogP contribution in [0.1, 0.15) is 5.82 Å². The van der Waals surface area contributed by atoms with Crippen LogP contribution in [-0.4, -0.2) is 52.0 Å². The topological polar surface area (TPSA) is 81.3 Å². The number of aromatic nitrogens is 2. The first-order valence-electron chi connectivity index (χ1n) is 9.11. The predicted molar refractivity (Wildman–Crippen MR) is 105 cm³/mol. The molecule has 1 aliphatic rings. The van der Waals surface area contributed by atoms with Crippen molar-refractivity contribution in [3.63, 3.8) is 0 Å². The lowest BCUT2D eigenvalue weighted by Gasteiger charge is -2.34. The Morgan fingerprint density at radius 2 is 1.79 bits per heavy atom. The fourth-order valence-electron chi connectivity index (χ4n) is 3.29. The number of fused-ring (bicyclic) bond motifs is 1. The van der Waals surface area contributed by atoms with Crippen LogP contribution in [0.3, 0.4) is 0 Å². The molecule has 0 atom stereocenters. The molecule has 1 saturated heterocycles. The molecule has 0 spiro atoms. The number of nitrogens with zero attached hydrogens (tertiary/aromatic N) is 3. The van der Waals surface area contributed by atoms with Crippen molar-refractivity contribution in [3.8, 4) is 0 Å². The molecule has 144 valence electrons. The van der Waals surface area contributed by atoms with Gasteiger partial charge >= 0.3 is 6.03 Å². The molecule has 4 rings (SSSR count). The van der Waals surface area contributed by atoms with Crippen LogP contribution in [0.15, 0.2) is 53.3 Å². The summed E-state index contributed by atoms with van der Waals surface area (Å²) in [4.78, 5) is 35.6. The van der Waals surface area contributed by atoms with Gasteiger partial charge in [-0.15, -0.1) is 0 Å². The van der Waals surface area contributed by atoms with Gasteiger partial charge in [0.1, 0.15) is 11.6 Å². The molecule has 7 nitrogen and oxygen atoms in total. The summed E-state index contributed by atoms with van der Waals surface area (Å²) >= 11 is 0. The number of carbonyl (C=O) groups is 1. The summed E-state index contributed by atoms with van der Waals surface area (Å²) in [5.41, 5.74) is 0.695. The molecule has 0 radical (unpaired) electrons. The number of aromatic amines is 1. The first kappa shape index (κ1) is 18.1. The lowest BCUT2D eigenvalue weighted by molar-refractivity contribution is 0.141. The number of benzene rings is 2. The van der Waals surface area contributed by atoms with E-state index in [1.165, 1.54) is 12.1 Å². The molecule has 8 heteroatoms. The van der Waals surface area contributed by atoms with Gasteiger partial charge in [-0.1, -0.05) is 24.3 Å². The van der Waals surface area contributed by atoms with Crippen molar-refractivity contribution < 1.29 is 9.18 Å². The number of nitrogens with one attached hydrogen (secondary N) is 2. The lowest BCUT2D eigenvalue weighted by Crippen LogP contribution is -2.49. The highest BCUT2D eigenvalue weighted by Crippen LogP contribution is 2.14. The Morgan fingerprint density at radius 3 is 2.57 bits per heavy atom. The second-order valence-electron chi connectivity index (χ2n) is 6.70. The van der Waals surface area contributed by atoms with Crippen molar-refractivity contribution in [2.24, 2.45) is 0 Å². The molecular formula is C20H20FN5O2. The summed E-state index contributed by atoms with van der Waals surface area (Å²) < 4.78 is 13.7. The molecule has 0 bridgehead atoms. The number of urea groups is 1. The van der Waals surface area contributed by atoms with E-state index in [2.05, 4.69) is 20.2 Å². The number of anilines is 1. The maximum Gasteiger partial charge on any atom is 0.322 e. The fraction of sp³-hybridized carbons (Fsp3) is 0.250. The van der Waals surface area contributed by atoms with Gasteiger partial charge in [0.2, 0.25) is 0 Å². The Hall–Kier alpha value is -3.26. The minimum atomic E-state index is -0.458. The summed E-state index contributed by atoms with van der Waals surface area (Å²) in [6.07, 6.45) is 0. The van der Waals surface area contributed by atoms with Crippen LogP contribution in [0, 0.1) is 5.82 Å². The highest BCUT2D eigenvalue weighted by atomic mass is 19.1. The molecule has 1 aromatic heterocycles. The second-order valence-corrected chi connectivity index (χ2v) is 6.70. The molecule has 3 aromatic rings. The van der Waals surface area contributed by atoms with Gasteiger partial charge < -0.3 is 15.2 Å². The highest BCUT2D eigenvalue weighted by molar-refractivity contribution is 5.89. The van der Waals surface area contributed by atoms with Gasteiger partial charge in [0.05, 0.1) is 23.1 Å². The molecular weight excluding hydrogens is 361 g/mol. The molecule has 0 unspecified atom stereocenters. The smallest absolute Gasteiger partial charge is 0.322 e. The van der Waals surface area contributed by atoms with Crippen LogP contribution >= 0.6 is 0 Å². The monoisotopic (exact) mass is 381 g/mol. The van der Waals surface area contributed by atoms with Crippen LogP contribution in [-0.2, 0) is 6.54 Å². The van der Waals surface area contributed by atoms with E-state index in [9.17, 15) is 14.0 Å². The van der Waals surface area contributed by atoms with E-state index in [0.717, 1.165) is 0 Å². The van der Waals surface area contributed by atoms with Crippen molar-refractivity contribution >= 4 is 22.6 Å². The van der Waals surface area contributed by atoms with Crippen molar-refractivity contribution in [1.29, 1.82) is 0 Å². The van der Waals surface area contributed by atoms with Gasteiger partial charge in [0, 0.05) is 26.2 Å². The number of rotatable bonds is 3. The Labute approximate surface area is 160 Å². The van der Waals surface area contributed by atoms with Crippen molar-refractivity contribution in [1.82, 2.24) is 19.8 Å². The maximum atomic E-state index is 13.7. The minimum Gasteiger partial charge on any atom is -0.322 e. The molecule has 2 heterocycles. The van der Waals surface area contributed by atoms with Gasteiger partial charge in [0.25, 0.3) is 5.56 Å². The zero-order valence-corrected chi connectivity index (χ0v) is 15.2. The third kappa shape index (κ3) is 3.86. The highest BCUT2D eigenvalue weighted by Gasteiger charge is 2.22. The second kappa shape index (κ2) is 7.77. The van der Waals surface area contributed by atoms with E-state index in [4.69, 9.17) is 0 Å². The van der Waals surface area contributed by atoms with Crippen LogP contribution < -0.4 is 10.9 Å². The normalized spacial score (nSPS) is 15.0. The summed E-state index contributed by atoms with van der Waals surface area (Å²) in [6.45, 7) is 2.81. The first-order valence-corrected chi connectivity index (χ1v) is 9.11. The quantitative estimate of drug-likeness (QED) is 0.730. The Balaban J connectivity index is 1.36. The SMILES string of the molecule is O=C(Nc1ccccc1F)N1CCN(Cc2nc3ccccc3c(=O)[nH]2)CC1. The summed E-state index contributed by atoms with van der Waals surface area (Å²) in [5.74, 6) is 0.147. The zero-order chi connectivity index (χ0) is 19.5. The summed E-state index contributed by atoms with van der Waals surface area (Å²) in [5, 5.41) is 3.18. The molecule has 28 heavy (non-hydrogen) atoms. The number of H-pyrrole nitrogens is 1. The third-order valence-electron chi connectivity index (χ3n) is 4.81. The van der Waals surface area contributed by atoms with E-state index in [1.807, 2.05) is 18.2 Å². The van der Waals surface area contributed by atoms with E-state index in [1.54, 1.807) is 23.1 Å². The first-order chi connectivity index (χ1) is 13.6. The van der Waals surface area contributed by atoms with Crippen LogP contribution in [0.4, 0.5) is 14.9 Å². The molecule has 2 N–H and O–H groups in total. The Bertz CT molecular complexity index is 1060. The molecule has 2 aromatic carbocycles. The van der Waals surface area contributed by atoms with Crippen molar-refractivity contribution in [3.05, 3.63) is 70.5 Å². The van der Waals surface area contributed by atoms with Crippen molar-refractivity contribution in [2.45, 2.75) is 6.54 Å². The number of amides is 2. The van der Waals surface area contributed by atoms with E-state index in [-0.39, 0.29) is 17.3 Å². The standard InChI is InChI=1S/C20H20FN5O2/c21-15-6-2-4-8-17(15)23-20(28)26-11-9-25(10-12-26)13-18-22-16-7-3-1-5-14(16)19(27)24-18/h1-8H,9-13H2,(H,23,28)(H,22,24,27). The van der Waals surface area contributed by atoms with Gasteiger partial charge in [-0.3, -0.25) is 9.69 Å². The number of hydrogen-bond donors (Lipinski definition) is 2. The van der Waals surface area contributed by atoms with Gasteiger partial charge in [-0.25, -0.2) is 14.2 Å². The Morgan fingerprint density at radius 1 is 1.07 bits per heavy atom. The number of piperazine rings is 1. The van der Waals surface area contributed by atoms with Gasteiger partial charge in [-0.2, -0.15) is 0 Å². The zero-order valence-electron chi connectivity index (χ0n) is 15.2. The summed E-state index contributed by atoms with van der Waals surface area (Å²) in [6, 6.07) is 13.0. The van der Waals surface area contributed by atoms with Crippen LogP contribution in [0.5, 0.6) is 0 Å². The number of carbonyl (C=O) groups excluding carboxylic acids is 1. The van der Waals surface area contributed by atoms with E-state index >= 15 is 0 Å². The molecule has 1 aliphatic heterocycles. The van der Waals surface area contributed by atoms with E-state index in [0.29, 0.717) is 49.5 Å². The fourth-order valence-corrected chi connectivity index (χ4v) is 3.29.